The second-order valence-electron chi connectivity index (χ2n) is 5.69. The Bertz CT molecular complexity index is 1090. The molecular weight excluding hydrogens is 400 g/mol. The fourth-order valence-electron chi connectivity index (χ4n) is 2.57. The highest BCUT2D eigenvalue weighted by molar-refractivity contribution is 7.13. The zero-order valence-corrected chi connectivity index (χ0v) is 16.5. The molecule has 8 heteroatoms. The molecule has 0 radical (unpaired) electrons. The molecule has 1 aromatic carbocycles. The molecule has 0 atom stereocenters. The van der Waals surface area contributed by atoms with Crippen molar-refractivity contribution >= 4 is 46.0 Å². The van der Waals surface area contributed by atoms with Crippen LogP contribution in [0.1, 0.15) is 15.4 Å². The minimum atomic E-state index is -0.209. The van der Waals surface area contributed by atoms with E-state index in [1.165, 1.54) is 11.3 Å². The van der Waals surface area contributed by atoms with Crippen molar-refractivity contribution < 1.29 is 4.79 Å². The molecule has 27 heavy (non-hydrogen) atoms. The van der Waals surface area contributed by atoms with Gasteiger partial charge < -0.3 is 5.32 Å². The fraction of sp³-hybridized carbons (Fsp3) is 0.0526. The van der Waals surface area contributed by atoms with Gasteiger partial charge in [-0.25, -0.2) is 15.0 Å². The fourth-order valence-corrected chi connectivity index (χ4v) is 4.13. The maximum absolute atomic E-state index is 12.3. The van der Waals surface area contributed by atoms with Gasteiger partial charge in [0.1, 0.15) is 15.7 Å². The van der Waals surface area contributed by atoms with Gasteiger partial charge in [0.25, 0.3) is 5.91 Å². The van der Waals surface area contributed by atoms with E-state index in [9.17, 15) is 4.79 Å². The van der Waals surface area contributed by atoms with E-state index in [4.69, 9.17) is 11.6 Å². The van der Waals surface area contributed by atoms with E-state index in [1.54, 1.807) is 42.2 Å². The van der Waals surface area contributed by atoms with E-state index in [0.717, 1.165) is 21.7 Å². The van der Waals surface area contributed by atoms with Crippen molar-refractivity contribution in [2.45, 2.75) is 6.92 Å². The quantitative estimate of drug-likeness (QED) is 0.477. The number of rotatable bonds is 4. The summed E-state index contributed by atoms with van der Waals surface area (Å²) < 4.78 is 0. The maximum atomic E-state index is 12.3. The molecule has 134 valence electrons. The number of thiazole rings is 2. The van der Waals surface area contributed by atoms with Gasteiger partial charge in [0.15, 0.2) is 0 Å². The number of anilines is 1. The SMILES string of the molecule is Cc1ncsc1C(=O)Nc1ccc(-c2cc(-c3nccs3)ccc2Cl)cn1. The summed E-state index contributed by atoms with van der Waals surface area (Å²) in [5.41, 5.74) is 5.10. The summed E-state index contributed by atoms with van der Waals surface area (Å²) in [4.78, 5) is 25.6. The van der Waals surface area contributed by atoms with Crippen molar-refractivity contribution in [2.75, 3.05) is 5.32 Å². The Morgan fingerprint density at radius 3 is 2.59 bits per heavy atom. The molecule has 3 heterocycles. The van der Waals surface area contributed by atoms with Crippen LogP contribution in [0.2, 0.25) is 5.02 Å². The summed E-state index contributed by atoms with van der Waals surface area (Å²) in [5.74, 6) is 0.266. The van der Waals surface area contributed by atoms with Crippen molar-refractivity contribution in [3.63, 3.8) is 0 Å². The minimum Gasteiger partial charge on any atom is -0.306 e. The van der Waals surface area contributed by atoms with Crippen molar-refractivity contribution in [3.8, 4) is 21.7 Å². The van der Waals surface area contributed by atoms with Gasteiger partial charge in [-0.05, 0) is 31.2 Å². The molecule has 0 spiro atoms. The summed E-state index contributed by atoms with van der Waals surface area (Å²) in [7, 11) is 0. The van der Waals surface area contributed by atoms with Crippen molar-refractivity contribution in [2.24, 2.45) is 0 Å². The summed E-state index contributed by atoms with van der Waals surface area (Å²) in [6.45, 7) is 1.80. The van der Waals surface area contributed by atoms with Crippen LogP contribution in [0.4, 0.5) is 5.82 Å². The maximum Gasteiger partial charge on any atom is 0.268 e. The third-order valence-electron chi connectivity index (χ3n) is 3.91. The lowest BCUT2D eigenvalue weighted by atomic mass is 10.0. The average molecular weight is 413 g/mol. The Balaban J connectivity index is 1.58. The molecule has 1 amide bonds. The highest BCUT2D eigenvalue weighted by Crippen LogP contribution is 2.33. The van der Waals surface area contributed by atoms with Crippen LogP contribution in [-0.2, 0) is 0 Å². The van der Waals surface area contributed by atoms with Gasteiger partial charge >= 0.3 is 0 Å². The standard InChI is InChI=1S/C19H13ClN4OS2/c1-11-17(27-10-23-11)18(25)24-16-5-3-13(9-22-16)14-8-12(2-4-15(14)20)19-21-6-7-26-19/h2-10H,1H3,(H,22,24,25). The molecular formula is C19H13ClN4OS2. The van der Waals surface area contributed by atoms with Gasteiger partial charge in [-0.15, -0.1) is 22.7 Å². The lowest BCUT2D eigenvalue weighted by Crippen LogP contribution is -2.12. The normalized spacial score (nSPS) is 10.7. The number of nitrogens with zero attached hydrogens (tertiary/aromatic N) is 3. The number of halogens is 1. The van der Waals surface area contributed by atoms with E-state index >= 15 is 0 Å². The number of pyridine rings is 1. The first-order valence-corrected chi connectivity index (χ1v) is 10.1. The van der Waals surface area contributed by atoms with E-state index in [0.29, 0.717) is 21.4 Å². The summed E-state index contributed by atoms with van der Waals surface area (Å²) in [6, 6.07) is 9.45. The van der Waals surface area contributed by atoms with Gasteiger partial charge in [0.05, 0.1) is 11.2 Å². The first kappa shape index (κ1) is 17.8. The molecule has 4 rings (SSSR count). The Morgan fingerprint density at radius 1 is 1.07 bits per heavy atom. The zero-order valence-electron chi connectivity index (χ0n) is 14.1. The average Bonchev–Trinajstić information content (AvgIpc) is 3.35. The number of aryl methyl sites for hydroxylation is 1. The minimum absolute atomic E-state index is 0.209. The zero-order chi connectivity index (χ0) is 18.8. The summed E-state index contributed by atoms with van der Waals surface area (Å²) >= 11 is 9.26. The van der Waals surface area contributed by atoms with Gasteiger partial charge in [-0.3, -0.25) is 4.79 Å². The van der Waals surface area contributed by atoms with Crippen LogP contribution < -0.4 is 5.32 Å². The van der Waals surface area contributed by atoms with Gasteiger partial charge in [0, 0.05) is 39.5 Å². The number of amides is 1. The van der Waals surface area contributed by atoms with Crippen LogP contribution in [0.25, 0.3) is 21.7 Å². The lowest BCUT2D eigenvalue weighted by molar-refractivity contribution is 0.102. The molecule has 4 aromatic rings. The molecule has 0 saturated heterocycles. The lowest BCUT2D eigenvalue weighted by Gasteiger charge is -2.08. The van der Waals surface area contributed by atoms with E-state index in [-0.39, 0.29) is 5.91 Å². The molecule has 0 fully saturated rings. The number of benzene rings is 1. The molecule has 0 unspecified atom stereocenters. The molecule has 0 aliphatic carbocycles. The van der Waals surface area contributed by atoms with Gasteiger partial charge in [-0.1, -0.05) is 17.7 Å². The van der Waals surface area contributed by atoms with E-state index in [1.807, 2.05) is 29.6 Å². The molecule has 0 bridgehead atoms. The van der Waals surface area contributed by atoms with Crippen molar-refractivity contribution in [1.29, 1.82) is 0 Å². The number of hydrogen-bond acceptors (Lipinski definition) is 6. The van der Waals surface area contributed by atoms with Crippen molar-refractivity contribution in [1.82, 2.24) is 15.0 Å². The number of aromatic nitrogens is 3. The van der Waals surface area contributed by atoms with Crippen LogP contribution >= 0.6 is 34.3 Å². The number of carbonyl (C=O) groups is 1. The van der Waals surface area contributed by atoms with Crippen LogP contribution in [0, 0.1) is 6.92 Å². The Hall–Kier alpha value is -2.61. The molecule has 5 nitrogen and oxygen atoms in total. The Kier molecular flexibility index (Phi) is 4.98. The summed E-state index contributed by atoms with van der Waals surface area (Å²) in [5, 5.41) is 6.30. The molecule has 0 aliphatic rings. The van der Waals surface area contributed by atoms with Crippen LogP contribution in [0.3, 0.4) is 0 Å². The topological polar surface area (TPSA) is 67.8 Å². The largest absolute Gasteiger partial charge is 0.306 e. The van der Waals surface area contributed by atoms with Crippen LogP contribution in [-0.4, -0.2) is 20.9 Å². The highest BCUT2D eigenvalue weighted by atomic mass is 35.5. The predicted molar refractivity (Wildman–Crippen MR) is 111 cm³/mol. The Labute approximate surface area is 168 Å². The molecule has 1 N–H and O–H groups in total. The van der Waals surface area contributed by atoms with Crippen LogP contribution in [0.15, 0.2) is 53.6 Å². The smallest absolute Gasteiger partial charge is 0.268 e. The van der Waals surface area contributed by atoms with E-state index in [2.05, 4.69) is 20.3 Å². The highest BCUT2D eigenvalue weighted by Gasteiger charge is 2.13. The summed E-state index contributed by atoms with van der Waals surface area (Å²) in [6.07, 6.45) is 3.47. The predicted octanol–water partition coefficient (Wildman–Crippen LogP) is 5.54. The monoisotopic (exact) mass is 412 g/mol. The molecule has 3 aromatic heterocycles. The number of hydrogen-bond donors (Lipinski definition) is 1. The van der Waals surface area contributed by atoms with Crippen molar-refractivity contribution in [3.05, 3.63) is 69.2 Å². The first-order valence-electron chi connectivity index (χ1n) is 7.99. The third kappa shape index (κ3) is 3.75. The third-order valence-corrected chi connectivity index (χ3v) is 5.99. The first-order chi connectivity index (χ1) is 13.1. The number of carbonyl (C=O) groups excluding carboxylic acids is 1. The molecule has 0 saturated carbocycles. The van der Waals surface area contributed by atoms with Gasteiger partial charge in [0.2, 0.25) is 0 Å². The Morgan fingerprint density at radius 2 is 1.93 bits per heavy atom. The second kappa shape index (κ2) is 7.56. The second-order valence-corrected chi connectivity index (χ2v) is 7.84. The molecule has 0 aliphatic heterocycles. The van der Waals surface area contributed by atoms with Gasteiger partial charge in [-0.2, -0.15) is 0 Å². The van der Waals surface area contributed by atoms with E-state index < -0.39 is 0 Å². The van der Waals surface area contributed by atoms with Crippen LogP contribution in [0.5, 0.6) is 0 Å². The number of nitrogens with one attached hydrogen (secondary N) is 1.